The van der Waals surface area contributed by atoms with E-state index in [0.717, 1.165) is 21.4 Å². The Labute approximate surface area is 189 Å². The standard InChI is InChI=1S/C23H19NO3S3/c1-3-26-17-8-6-16(7-9-17)24-22(25)20(30-23(24)28)14-18-10-13-21(27-18)29-19-11-4-15(2)5-12-19/h4-14H,3H2,1-2H3/b20-14-. The summed E-state index contributed by atoms with van der Waals surface area (Å²) in [4.78, 5) is 16.1. The maximum atomic E-state index is 12.9. The van der Waals surface area contributed by atoms with Crippen molar-refractivity contribution < 1.29 is 13.9 Å². The molecule has 2 heterocycles. The Morgan fingerprint density at radius 2 is 1.83 bits per heavy atom. The highest BCUT2D eigenvalue weighted by Gasteiger charge is 2.33. The van der Waals surface area contributed by atoms with Crippen LogP contribution in [0.3, 0.4) is 0 Å². The van der Waals surface area contributed by atoms with E-state index in [9.17, 15) is 4.79 Å². The van der Waals surface area contributed by atoms with Crippen molar-refractivity contribution in [2.24, 2.45) is 0 Å². The summed E-state index contributed by atoms with van der Waals surface area (Å²) in [5.74, 6) is 1.23. The predicted molar refractivity (Wildman–Crippen MR) is 127 cm³/mol. The number of aryl methyl sites for hydroxylation is 1. The molecule has 0 bridgehead atoms. The van der Waals surface area contributed by atoms with Gasteiger partial charge in [-0.25, -0.2) is 0 Å². The lowest BCUT2D eigenvalue weighted by molar-refractivity contribution is -0.113. The quantitative estimate of drug-likeness (QED) is 0.312. The van der Waals surface area contributed by atoms with Crippen LogP contribution in [0.25, 0.3) is 6.08 Å². The van der Waals surface area contributed by atoms with E-state index in [-0.39, 0.29) is 5.91 Å². The van der Waals surface area contributed by atoms with Gasteiger partial charge in [-0.05, 0) is 62.4 Å². The number of hydrogen-bond donors (Lipinski definition) is 0. The van der Waals surface area contributed by atoms with Gasteiger partial charge >= 0.3 is 0 Å². The number of benzene rings is 2. The number of ether oxygens (including phenoxy) is 1. The van der Waals surface area contributed by atoms with Crippen LogP contribution in [0.5, 0.6) is 5.75 Å². The topological polar surface area (TPSA) is 42.7 Å². The van der Waals surface area contributed by atoms with Gasteiger partial charge < -0.3 is 9.15 Å². The van der Waals surface area contributed by atoms with Crippen LogP contribution >= 0.6 is 35.7 Å². The molecule has 3 aromatic rings. The summed E-state index contributed by atoms with van der Waals surface area (Å²) in [6, 6.07) is 19.4. The van der Waals surface area contributed by atoms with E-state index in [4.69, 9.17) is 21.4 Å². The molecule has 0 radical (unpaired) electrons. The highest BCUT2D eigenvalue weighted by molar-refractivity contribution is 8.27. The average Bonchev–Trinajstić information content (AvgIpc) is 3.28. The zero-order valence-corrected chi connectivity index (χ0v) is 18.9. The van der Waals surface area contributed by atoms with Crippen LogP contribution in [-0.2, 0) is 4.79 Å². The number of carbonyl (C=O) groups excluding carboxylic acids is 1. The lowest BCUT2D eigenvalue weighted by Gasteiger charge is -2.15. The zero-order valence-electron chi connectivity index (χ0n) is 16.5. The summed E-state index contributed by atoms with van der Waals surface area (Å²) in [5.41, 5.74) is 1.94. The fourth-order valence-electron chi connectivity index (χ4n) is 2.87. The molecule has 2 aromatic carbocycles. The second kappa shape index (κ2) is 9.12. The maximum Gasteiger partial charge on any atom is 0.270 e. The first-order valence-electron chi connectivity index (χ1n) is 9.38. The van der Waals surface area contributed by atoms with Gasteiger partial charge in [0.25, 0.3) is 5.91 Å². The fraction of sp³-hybridized carbons (Fsp3) is 0.130. The number of thioether (sulfide) groups is 1. The summed E-state index contributed by atoms with van der Waals surface area (Å²) in [6.45, 7) is 4.58. The minimum atomic E-state index is -0.154. The Morgan fingerprint density at radius 1 is 1.10 bits per heavy atom. The minimum absolute atomic E-state index is 0.154. The van der Waals surface area contributed by atoms with Crippen molar-refractivity contribution in [2.45, 2.75) is 23.8 Å². The molecular formula is C23H19NO3S3. The highest BCUT2D eigenvalue weighted by atomic mass is 32.2. The van der Waals surface area contributed by atoms with Gasteiger partial charge in [0.1, 0.15) is 11.5 Å². The molecule has 1 amide bonds. The van der Waals surface area contributed by atoms with Crippen molar-refractivity contribution in [1.29, 1.82) is 0 Å². The van der Waals surface area contributed by atoms with Gasteiger partial charge in [-0.2, -0.15) is 0 Å². The second-order valence-corrected chi connectivity index (χ2v) is 9.27. The normalized spacial score (nSPS) is 15.3. The SMILES string of the molecule is CCOc1ccc(N2C(=O)/C(=C/c3ccc(Sc4ccc(C)cc4)o3)SC2=S)cc1. The highest BCUT2D eigenvalue weighted by Crippen LogP contribution is 2.37. The molecule has 1 aliphatic rings. The van der Waals surface area contributed by atoms with Crippen molar-refractivity contribution in [3.8, 4) is 5.75 Å². The summed E-state index contributed by atoms with van der Waals surface area (Å²) < 4.78 is 11.8. The van der Waals surface area contributed by atoms with Gasteiger partial charge in [-0.3, -0.25) is 9.69 Å². The van der Waals surface area contributed by atoms with Gasteiger partial charge in [-0.1, -0.05) is 53.4 Å². The number of furan rings is 1. The fourth-order valence-corrected chi connectivity index (χ4v) is 4.92. The minimum Gasteiger partial charge on any atom is -0.494 e. The summed E-state index contributed by atoms with van der Waals surface area (Å²) in [5, 5.41) is 0.770. The first-order chi connectivity index (χ1) is 14.5. The number of hydrogen-bond acceptors (Lipinski definition) is 6. The smallest absolute Gasteiger partial charge is 0.270 e. The third kappa shape index (κ3) is 4.64. The van der Waals surface area contributed by atoms with Crippen LogP contribution < -0.4 is 9.64 Å². The molecule has 1 aliphatic heterocycles. The Hall–Kier alpha value is -2.48. The summed E-state index contributed by atoms with van der Waals surface area (Å²) in [6.07, 6.45) is 1.74. The molecule has 1 saturated heterocycles. The van der Waals surface area contributed by atoms with Crippen LogP contribution in [0.4, 0.5) is 5.69 Å². The molecule has 1 aromatic heterocycles. The maximum absolute atomic E-state index is 12.9. The summed E-state index contributed by atoms with van der Waals surface area (Å²) >= 11 is 8.26. The number of anilines is 1. The van der Waals surface area contributed by atoms with E-state index in [1.165, 1.54) is 22.2 Å². The third-order valence-corrected chi connectivity index (χ3v) is 6.55. The molecular weight excluding hydrogens is 434 g/mol. The van der Waals surface area contributed by atoms with Gasteiger partial charge in [0, 0.05) is 11.0 Å². The van der Waals surface area contributed by atoms with E-state index < -0.39 is 0 Å². The van der Waals surface area contributed by atoms with Crippen LogP contribution in [-0.4, -0.2) is 16.8 Å². The van der Waals surface area contributed by atoms with E-state index in [2.05, 4.69) is 31.2 Å². The zero-order chi connectivity index (χ0) is 21.1. The van der Waals surface area contributed by atoms with Crippen LogP contribution in [0.1, 0.15) is 18.2 Å². The van der Waals surface area contributed by atoms with Crippen molar-refractivity contribution in [1.82, 2.24) is 0 Å². The lowest BCUT2D eigenvalue weighted by atomic mass is 10.2. The molecule has 4 nitrogen and oxygen atoms in total. The molecule has 152 valence electrons. The molecule has 0 atom stereocenters. The monoisotopic (exact) mass is 453 g/mol. The Bertz CT molecular complexity index is 1100. The van der Waals surface area contributed by atoms with Crippen molar-refractivity contribution in [3.63, 3.8) is 0 Å². The number of rotatable bonds is 6. The van der Waals surface area contributed by atoms with Gasteiger partial charge in [-0.15, -0.1) is 0 Å². The first-order valence-corrected chi connectivity index (χ1v) is 11.4. The van der Waals surface area contributed by atoms with E-state index >= 15 is 0 Å². The number of nitrogens with zero attached hydrogens (tertiary/aromatic N) is 1. The van der Waals surface area contributed by atoms with E-state index in [0.29, 0.717) is 21.6 Å². The lowest BCUT2D eigenvalue weighted by Crippen LogP contribution is -2.27. The Balaban J connectivity index is 1.49. The Kier molecular flexibility index (Phi) is 6.32. The number of thiocarbonyl (C=S) groups is 1. The molecule has 7 heteroatoms. The van der Waals surface area contributed by atoms with Crippen LogP contribution in [0.2, 0.25) is 0 Å². The van der Waals surface area contributed by atoms with Gasteiger partial charge in [0.05, 0.1) is 17.2 Å². The first kappa shape index (κ1) is 20.8. The largest absolute Gasteiger partial charge is 0.494 e. The van der Waals surface area contributed by atoms with Crippen LogP contribution in [0, 0.1) is 6.92 Å². The molecule has 30 heavy (non-hydrogen) atoms. The van der Waals surface area contributed by atoms with Crippen molar-refractivity contribution >= 4 is 57.7 Å². The molecule has 0 N–H and O–H groups in total. The van der Waals surface area contributed by atoms with Gasteiger partial charge in [0.15, 0.2) is 9.41 Å². The molecule has 0 aliphatic carbocycles. The molecule has 0 saturated carbocycles. The van der Waals surface area contributed by atoms with Gasteiger partial charge in [0.2, 0.25) is 0 Å². The molecule has 4 rings (SSSR count). The van der Waals surface area contributed by atoms with Crippen LogP contribution in [0.15, 0.2) is 80.0 Å². The van der Waals surface area contributed by atoms with E-state index in [1.807, 2.05) is 43.3 Å². The van der Waals surface area contributed by atoms with Crippen molar-refractivity contribution in [3.05, 3.63) is 76.9 Å². The molecule has 0 spiro atoms. The third-order valence-electron chi connectivity index (χ3n) is 4.31. The number of amides is 1. The second-order valence-electron chi connectivity index (χ2n) is 6.52. The molecule has 1 fully saturated rings. The predicted octanol–water partition coefficient (Wildman–Crippen LogP) is 6.54. The number of carbonyl (C=O) groups is 1. The van der Waals surface area contributed by atoms with E-state index in [1.54, 1.807) is 17.8 Å². The summed E-state index contributed by atoms with van der Waals surface area (Å²) in [7, 11) is 0. The van der Waals surface area contributed by atoms with Crippen molar-refractivity contribution in [2.75, 3.05) is 11.5 Å². The molecule has 0 unspecified atom stereocenters. The average molecular weight is 454 g/mol. The Morgan fingerprint density at radius 3 is 2.53 bits per heavy atom.